The molecule has 4 nitrogen and oxygen atoms in total. The fourth-order valence-corrected chi connectivity index (χ4v) is 3.89. The Hall–Kier alpha value is -0.720. The van der Waals surface area contributed by atoms with Gasteiger partial charge in [-0.3, -0.25) is 9.78 Å². The van der Waals surface area contributed by atoms with Gasteiger partial charge in [0.2, 0.25) is 5.91 Å². The topological polar surface area (TPSA) is 68.0 Å². The molecule has 1 rings (SSSR count). The fraction of sp³-hybridized carbons (Fsp3) is 0.700. The van der Waals surface area contributed by atoms with E-state index in [4.69, 9.17) is 5.73 Å². The molecular formula is C20H35N3OS2. The van der Waals surface area contributed by atoms with Crippen LogP contribution in [-0.4, -0.2) is 29.7 Å². The molecule has 1 aromatic heterocycles. The molecule has 6 heteroatoms. The van der Waals surface area contributed by atoms with E-state index in [2.05, 4.69) is 22.0 Å². The second-order valence-corrected chi connectivity index (χ2v) is 8.08. The summed E-state index contributed by atoms with van der Waals surface area (Å²) in [6, 6.07) is 5.70. The second-order valence-electron chi connectivity index (χ2n) is 6.72. The van der Waals surface area contributed by atoms with Crippen molar-refractivity contribution in [2.75, 3.05) is 18.8 Å². The number of carbonyl (C=O) groups excluding carboxylic acids is 1. The molecule has 1 heterocycles. The van der Waals surface area contributed by atoms with Gasteiger partial charge in [-0.15, -0.1) is 11.7 Å². The predicted molar refractivity (Wildman–Crippen MR) is 117 cm³/mol. The smallest absolute Gasteiger partial charge is 0.230 e. The van der Waals surface area contributed by atoms with Gasteiger partial charge in [-0.1, -0.05) is 68.2 Å². The zero-order valence-corrected chi connectivity index (χ0v) is 17.6. The van der Waals surface area contributed by atoms with Gasteiger partial charge in [-0.25, -0.2) is 0 Å². The standard InChI is InChI=1S/C20H35N3OS2/c21-14-10-7-5-3-1-2-4-6-8-11-16-23-20(24)18(17-26-25)19-13-9-12-15-22-19/h9,12-13,15,18,25H,1-8,10-11,14,16-17,21H2,(H,23,24). The third-order valence-electron chi connectivity index (χ3n) is 4.53. The molecule has 0 aliphatic carbocycles. The van der Waals surface area contributed by atoms with E-state index < -0.39 is 0 Å². The molecule has 1 unspecified atom stereocenters. The van der Waals surface area contributed by atoms with E-state index in [1.54, 1.807) is 6.20 Å². The molecule has 1 amide bonds. The number of amides is 1. The molecule has 0 fully saturated rings. The lowest BCUT2D eigenvalue weighted by Crippen LogP contribution is -2.31. The first-order valence-electron chi connectivity index (χ1n) is 9.94. The minimum Gasteiger partial charge on any atom is -0.355 e. The minimum atomic E-state index is -0.224. The van der Waals surface area contributed by atoms with E-state index in [1.807, 2.05) is 18.2 Å². The first kappa shape index (κ1) is 23.3. The Balaban J connectivity index is 2.05. The van der Waals surface area contributed by atoms with Gasteiger partial charge >= 0.3 is 0 Å². The summed E-state index contributed by atoms with van der Waals surface area (Å²) >= 11 is 4.20. The van der Waals surface area contributed by atoms with Crippen molar-refractivity contribution in [2.24, 2.45) is 5.73 Å². The summed E-state index contributed by atoms with van der Waals surface area (Å²) in [5.41, 5.74) is 6.31. The van der Waals surface area contributed by atoms with Crippen LogP contribution in [0.2, 0.25) is 0 Å². The first-order chi connectivity index (χ1) is 12.8. The van der Waals surface area contributed by atoms with E-state index in [1.165, 1.54) is 68.6 Å². The Labute approximate surface area is 168 Å². The SMILES string of the molecule is NCCCCCCCCCCCCNC(=O)C(CSS)c1ccccn1. The van der Waals surface area contributed by atoms with Crippen LogP contribution in [0.5, 0.6) is 0 Å². The number of thiol groups is 1. The van der Waals surface area contributed by atoms with Crippen LogP contribution in [0.15, 0.2) is 24.4 Å². The number of nitrogens with two attached hydrogens (primary N) is 1. The molecule has 0 saturated heterocycles. The zero-order chi connectivity index (χ0) is 18.9. The van der Waals surface area contributed by atoms with Crippen molar-refractivity contribution < 1.29 is 4.79 Å². The van der Waals surface area contributed by atoms with E-state index in [0.29, 0.717) is 5.75 Å². The zero-order valence-electron chi connectivity index (χ0n) is 15.9. The molecule has 1 aromatic rings. The van der Waals surface area contributed by atoms with Crippen molar-refractivity contribution in [3.05, 3.63) is 30.1 Å². The van der Waals surface area contributed by atoms with Crippen LogP contribution in [0.1, 0.15) is 75.8 Å². The van der Waals surface area contributed by atoms with Gasteiger partial charge in [0.25, 0.3) is 0 Å². The normalized spacial score (nSPS) is 12.1. The lowest BCUT2D eigenvalue weighted by molar-refractivity contribution is -0.122. The highest BCUT2D eigenvalue weighted by molar-refractivity contribution is 8.68. The van der Waals surface area contributed by atoms with Crippen molar-refractivity contribution in [1.82, 2.24) is 10.3 Å². The number of rotatable bonds is 16. The first-order valence-corrected chi connectivity index (χ1v) is 12.0. The van der Waals surface area contributed by atoms with E-state index in [9.17, 15) is 4.79 Å². The van der Waals surface area contributed by atoms with Gasteiger partial charge in [0, 0.05) is 18.5 Å². The lowest BCUT2D eigenvalue weighted by atomic mass is 10.1. The molecule has 0 aromatic carbocycles. The van der Waals surface area contributed by atoms with Crippen LogP contribution < -0.4 is 11.1 Å². The van der Waals surface area contributed by atoms with Gasteiger partial charge in [-0.2, -0.15) is 0 Å². The average molecular weight is 398 g/mol. The molecule has 3 N–H and O–H groups in total. The highest BCUT2D eigenvalue weighted by Crippen LogP contribution is 2.21. The number of hydrogen-bond donors (Lipinski definition) is 3. The maximum absolute atomic E-state index is 12.4. The van der Waals surface area contributed by atoms with Crippen LogP contribution in [0.4, 0.5) is 0 Å². The Kier molecular flexibility index (Phi) is 14.8. The summed E-state index contributed by atoms with van der Waals surface area (Å²) in [4.78, 5) is 16.7. The summed E-state index contributed by atoms with van der Waals surface area (Å²) in [7, 11) is 1.38. The predicted octanol–water partition coefficient (Wildman–Crippen LogP) is 4.72. The van der Waals surface area contributed by atoms with Gasteiger partial charge in [-0.05, 0) is 31.5 Å². The summed E-state index contributed by atoms with van der Waals surface area (Å²) in [6.07, 6.45) is 14.3. The molecule has 148 valence electrons. The molecule has 0 saturated carbocycles. The Morgan fingerprint density at radius 2 is 1.65 bits per heavy atom. The van der Waals surface area contributed by atoms with Crippen LogP contribution >= 0.6 is 22.5 Å². The monoisotopic (exact) mass is 397 g/mol. The molecule has 0 aliphatic heterocycles. The molecule has 0 aliphatic rings. The van der Waals surface area contributed by atoms with E-state index in [0.717, 1.165) is 25.2 Å². The average Bonchev–Trinajstić information content (AvgIpc) is 2.67. The van der Waals surface area contributed by atoms with Crippen LogP contribution in [0.3, 0.4) is 0 Å². The van der Waals surface area contributed by atoms with Crippen molar-refractivity contribution in [3.63, 3.8) is 0 Å². The number of pyridine rings is 1. The largest absolute Gasteiger partial charge is 0.355 e. The molecular weight excluding hydrogens is 362 g/mol. The summed E-state index contributed by atoms with van der Waals surface area (Å²) < 4.78 is 0. The Morgan fingerprint density at radius 1 is 1.04 bits per heavy atom. The number of unbranched alkanes of at least 4 members (excludes halogenated alkanes) is 9. The highest BCUT2D eigenvalue weighted by atomic mass is 33.1. The molecule has 1 atom stereocenters. The lowest BCUT2D eigenvalue weighted by Gasteiger charge is -2.15. The van der Waals surface area contributed by atoms with Gasteiger partial charge < -0.3 is 11.1 Å². The van der Waals surface area contributed by atoms with Crippen LogP contribution in [0.25, 0.3) is 0 Å². The summed E-state index contributed by atoms with van der Waals surface area (Å²) in [6.45, 7) is 1.57. The molecule has 0 spiro atoms. The minimum absolute atomic E-state index is 0.0581. The Bertz CT molecular complexity index is 460. The van der Waals surface area contributed by atoms with Crippen molar-refractivity contribution in [3.8, 4) is 0 Å². The van der Waals surface area contributed by atoms with Crippen molar-refractivity contribution in [1.29, 1.82) is 0 Å². The second kappa shape index (κ2) is 16.5. The van der Waals surface area contributed by atoms with Crippen molar-refractivity contribution >= 4 is 28.4 Å². The van der Waals surface area contributed by atoms with Gasteiger partial charge in [0.1, 0.15) is 0 Å². The van der Waals surface area contributed by atoms with Crippen LogP contribution in [0, 0.1) is 0 Å². The van der Waals surface area contributed by atoms with Gasteiger partial charge in [0.05, 0.1) is 11.6 Å². The van der Waals surface area contributed by atoms with E-state index >= 15 is 0 Å². The number of nitrogens with zero attached hydrogens (tertiary/aromatic N) is 1. The number of carbonyl (C=O) groups is 1. The molecule has 0 radical (unpaired) electrons. The molecule has 26 heavy (non-hydrogen) atoms. The number of nitrogens with one attached hydrogen (secondary N) is 1. The summed E-state index contributed by atoms with van der Waals surface area (Å²) in [5, 5.41) is 3.06. The third kappa shape index (κ3) is 11.1. The summed E-state index contributed by atoms with van der Waals surface area (Å²) in [5.74, 6) is 0.470. The highest BCUT2D eigenvalue weighted by Gasteiger charge is 2.20. The molecule has 0 bridgehead atoms. The number of aromatic nitrogens is 1. The van der Waals surface area contributed by atoms with E-state index in [-0.39, 0.29) is 11.8 Å². The quantitative estimate of drug-likeness (QED) is 0.214. The Morgan fingerprint density at radius 3 is 2.19 bits per heavy atom. The number of hydrogen-bond acceptors (Lipinski definition) is 5. The van der Waals surface area contributed by atoms with Crippen LogP contribution in [-0.2, 0) is 4.79 Å². The third-order valence-corrected chi connectivity index (χ3v) is 5.46. The maximum atomic E-state index is 12.4. The van der Waals surface area contributed by atoms with Crippen molar-refractivity contribution in [2.45, 2.75) is 70.1 Å². The maximum Gasteiger partial charge on any atom is 0.230 e. The van der Waals surface area contributed by atoms with Gasteiger partial charge in [0.15, 0.2) is 0 Å². The fourth-order valence-electron chi connectivity index (χ4n) is 2.97.